The van der Waals surface area contributed by atoms with Gasteiger partial charge in [0.1, 0.15) is 5.69 Å². The van der Waals surface area contributed by atoms with Crippen LogP contribution in [0.3, 0.4) is 0 Å². The van der Waals surface area contributed by atoms with Crippen LogP contribution in [-0.2, 0) is 17.8 Å². The largest absolute Gasteiger partial charge is 0.480 e. The van der Waals surface area contributed by atoms with Crippen molar-refractivity contribution in [1.82, 2.24) is 24.9 Å². The summed E-state index contributed by atoms with van der Waals surface area (Å²) in [5.74, 6) is -1.18. The molecule has 1 atom stereocenters. The zero-order chi connectivity index (χ0) is 22.5. The molecule has 0 aliphatic rings. The van der Waals surface area contributed by atoms with Crippen molar-refractivity contribution in [2.45, 2.75) is 45.8 Å². The number of carboxylic acid groups (broad SMARTS) is 1. The molecule has 0 spiro atoms. The maximum atomic E-state index is 13.1. The standard InChI is InChI=1S/C22H24ClN5O3/c1-14(2)27(21(29)19-11-24-9-8-15(19)3)12-18-13-28(26-25-18)20(22(30)31)10-16-4-6-17(23)7-5-16/h4-9,11,13-14,20H,10,12H2,1-3H3,(H,30,31). The minimum absolute atomic E-state index is 0.0957. The third kappa shape index (κ3) is 5.46. The van der Waals surface area contributed by atoms with Crippen LogP contribution in [0.15, 0.2) is 48.9 Å². The molecular formula is C22H24ClN5O3. The normalized spacial score (nSPS) is 12.0. The highest BCUT2D eigenvalue weighted by Crippen LogP contribution is 2.19. The Morgan fingerprint density at radius 1 is 1.19 bits per heavy atom. The van der Waals surface area contributed by atoms with Crippen LogP contribution in [0.5, 0.6) is 0 Å². The number of aromatic nitrogens is 4. The van der Waals surface area contributed by atoms with Gasteiger partial charge in [-0.2, -0.15) is 0 Å². The summed E-state index contributed by atoms with van der Waals surface area (Å²) in [6, 6.07) is 7.77. The van der Waals surface area contributed by atoms with Gasteiger partial charge in [0.05, 0.1) is 18.3 Å². The SMILES string of the molecule is Cc1ccncc1C(=O)N(Cc1cn(C(Cc2ccc(Cl)cc2)C(=O)O)nn1)C(C)C. The lowest BCUT2D eigenvalue weighted by atomic mass is 10.1. The molecule has 0 radical (unpaired) electrons. The highest BCUT2D eigenvalue weighted by atomic mass is 35.5. The molecule has 3 aromatic rings. The number of pyridine rings is 1. The number of hydrogen-bond donors (Lipinski definition) is 1. The second-order valence-corrected chi connectivity index (χ2v) is 8.03. The van der Waals surface area contributed by atoms with E-state index in [-0.39, 0.29) is 24.9 Å². The maximum Gasteiger partial charge on any atom is 0.328 e. The minimum Gasteiger partial charge on any atom is -0.480 e. The molecule has 0 aliphatic heterocycles. The Morgan fingerprint density at radius 3 is 2.52 bits per heavy atom. The number of nitrogens with zero attached hydrogens (tertiary/aromatic N) is 5. The lowest BCUT2D eigenvalue weighted by molar-refractivity contribution is -0.141. The predicted molar refractivity (Wildman–Crippen MR) is 116 cm³/mol. The topological polar surface area (TPSA) is 101 Å². The molecule has 1 amide bonds. The summed E-state index contributed by atoms with van der Waals surface area (Å²) in [5, 5.41) is 18.4. The predicted octanol–water partition coefficient (Wildman–Crippen LogP) is 3.55. The molecule has 1 unspecified atom stereocenters. The number of halogens is 1. The molecule has 0 fully saturated rings. The molecule has 9 heteroatoms. The van der Waals surface area contributed by atoms with Crippen LogP contribution < -0.4 is 0 Å². The second kappa shape index (κ2) is 9.70. The molecule has 3 rings (SSSR count). The van der Waals surface area contributed by atoms with Crippen molar-refractivity contribution in [1.29, 1.82) is 0 Å². The van der Waals surface area contributed by atoms with Crippen molar-refractivity contribution in [3.05, 3.63) is 76.3 Å². The van der Waals surface area contributed by atoms with Crippen molar-refractivity contribution in [3.63, 3.8) is 0 Å². The van der Waals surface area contributed by atoms with Crippen LogP contribution in [0.25, 0.3) is 0 Å². The summed E-state index contributed by atoms with van der Waals surface area (Å²) in [6.07, 6.45) is 5.01. The van der Waals surface area contributed by atoms with E-state index in [1.54, 1.807) is 53.8 Å². The van der Waals surface area contributed by atoms with Gasteiger partial charge < -0.3 is 10.0 Å². The van der Waals surface area contributed by atoms with Crippen LogP contribution in [0, 0.1) is 6.92 Å². The number of amides is 1. The summed E-state index contributed by atoms with van der Waals surface area (Å²) in [4.78, 5) is 30.6. The Bertz CT molecular complexity index is 1070. The van der Waals surface area contributed by atoms with Crippen molar-refractivity contribution < 1.29 is 14.7 Å². The smallest absolute Gasteiger partial charge is 0.328 e. The van der Waals surface area contributed by atoms with E-state index in [2.05, 4.69) is 15.3 Å². The molecule has 0 bridgehead atoms. The molecule has 1 N–H and O–H groups in total. The van der Waals surface area contributed by atoms with Crippen LogP contribution in [0.1, 0.15) is 47.1 Å². The summed E-state index contributed by atoms with van der Waals surface area (Å²) < 4.78 is 1.32. The number of rotatable bonds is 8. The number of carbonyl (C=O) groups is 2. The number of aryl methyl sites for hydroxylation is 1. The van der Waals surface area contributed by atoms with Gasteiger partial charge in [0.2, 0.25) is 0 Å². The molecule has 2 aromatic heterocycles. The van der Waals surface area contributed by atoms with Crippen molar-refractivity contribution in [3.8, 4) is 0 Å². The van der Waals surface area contributed by atoms with E-state index < -0.39 is 12.0 Å². The van der Waals surface area contributed by atoms with Gasteiger partial charge in [-0.3, -0.25) is 9.78 Å². The fourth-order valence-electron chi connectivity index (χ4n) is 3.18. The van der Waals surface area contributed by atoms with Gasteiger partial charge >= 0.3 is 5.97 Å². The lowest BCUT2D eigenvalue weighted by Crippen LogP contribution is -2.37. The van der Waals surface area contributed by atoms with Gasteiger partial charge in [-0.1, -0.05) is 28.9 Å². The van der Waals surface area contributed by atoms with Crippen molar-refractivity contribution in [2.24, 2.45) is 0 Å². The average Bonchev–Trinajstić information content (AvgIpc) is 3.19. The molecule has 31 heavy (non-hydrogen) atoms. The summed E-state index contributed by atoms with van der Waals surface area (Å²) in [6.45, 7) is 5.89. The minimum atomic E-state index is -1.02. The van der Waals surface area contributed by atoms with Gasteiger partial charge in [-0.05, 0) is 50.1 Å². The van der Waals surface area contributed by atoms with Gasteiger partial charge in [-0.15, -0.1) is 5.10 Å². The highest BCUT2D eigenvalue weighted by molar-refractivity contribution is 6.30. The quantitative estimate of drug-likeness (QED) is 0.573. The molecule has 0 saturated carbocycles. The zero-order valence-electron chi connectivity index (χ0n) is 17.6. The zero-order valence-corrected chi connectivity index (χ0v) is 18.3. The third-order valence-corrected chi connectivity index (χ3v) is 5.24. The Morgan fingerprint density at radius 2 is 1.90 bits per heavy atom. The van der Waals surface area contributed by atoms with Gasteiger partial charge in [-0.25, -0.2) is 9.48 Å². The summed E-state index contributed by atoms with van der Waals surface area (Å²) >= 11 is 5.90. The number of carbonyl (C=O) groups excluding carboxylic acids is 1. The Labute approximate surface area is 185 Å². The van der Waals surface area contributed by atoms with E-state index in [0.717, 1.165) is 11.1 Å². The fraction of sp³-hybridized carbons (Fsp3) is 0.318. The second-order valence-electron chi connectivity index (χ2n) is 7.59. The number of hydrogen-bond acceptors (Lipinski definition) is 5. The number of aliphatic carboxylic acids is 1. The maximum absolute atomic E-state index is 13.1. The molecule has 0 aliphatic carbocycles. The van der Waals surface area contributed by atoms with Gasteiger partial charge in [0.15, 0.2) is 6.04 Å². The van der Waals surface area contributed by atoms with Crippen LogP contribution in [-0.4, -0.2) is 47.9 Å². The van der Waals surface area contributed by atoms with E-state index in [4.69, 9.17) is 11.6 Å². The Balaban J connectivity index is 1.80. The highest BCUT2D eigenvalue weighted by Gasteiger charge is 2.25. The lowest BCUT2D eigenvalue weighted by Gasteiger charge is -2.26. The van der Waals surface area contributed by atoms with Crippen LogP contribution >= 0.6 is 11.6 Å². The fourth-order valence-corrected chi connectivity index (χ4v) is 3.31. The first-order chi connectivity index (χ1) is 14.8. The van der Waals surface area contributed by atoms with E-state index in [0.29, 0.717) is 16.3 Å². The summed E-state index contributed by atoms with van der Waals surface area (Å²) in [7, 11) is 0. The Kier molecular flexibility index (Phi) is 7.02. The molecule has 1 aromatic carbocycles. The first-order valence-corrected chi connectivity index (χ1v) is 10.2. The molecule has 162 valence electrons. The van der Waals surface area contributed by atoms with Crippen molar-refractivity contribution in [2.75, 3.05) is 0 Å². The van der Waals surface area contributed by atoms with E-state index in [1.807, 2.05) is 20.8 Å². The first kappa shape index (κ1) is 22.4. The van der Waals surface area contributed by atoms with Gasteiger partial charge in [0, 0.05) is 29.9 Å². The monoisotopic (exact) mass is 441 g/mol. The third-order valence-electron chi connectivity index (χ3n) is 4.99. The van der Waals surface area contributed by atoms with Crippen molar-refractivity contribution >= 4 is 23.5 Å². The molecular weight excluding hydrogens is 418 g/mol. The molecule has 0 saturated heterocycles. The summed E-state index contributed by atoms with van der Waals surface area (Å²) in [5.41, 5.74) is 2.68. The van der Waals surface area contributed by atoms with E-state index >= 15 is 0 Å². The first-order valence-electron chi connectivity index (χ1n) is 9.85. The van der Waals surface area contributed by atoms with Gasteiger partial charge in [0.25, 0.3) is 5.91 Å². The Hall–Kier alpha value is -3.26. The molecule has 2 heterocycles. The number of carboxylic acids is 1. The van der Waals surface area contributed by atoms with Crippen LogP contribution in [0.4, 0.5) is 0 Å². The van der Waals surface area contributed by atoms with Crippen LogP contribution in [0.2, 0.25) is 5.02 Å². The van der Waals surface area contributed by atoms with E-state index in [1.165, 1.54) is 4.68 Å². The van der Waals surface area contributed by atoms with E-state index in [9.17, 15) is 14.7 Å². The average molecular weight is 442 g/mol. The number of benzene rings is 1. The molecule has 8 nitrogen and oxygen atoms in total.